The largest absolute Gasteiger partial charge is 4.00 e. The average Bonchev–Trinajstić information content (AvgIpc) is 2.47. The summed E-state index contributed by atoms with van der Waals surface area (Å²) >= 11 is 0. The van der Waals surface area contributed by atoms with Gasteiger partial charge in [-0.05, 0) is 25.7 Å². The molecule has 0 bridgehead atoms. The molecule has 2 aliphatic carbocycles. The molecule has 0 saturated heterocycles. The van der Waals surface area contributed by atoms with Gasteiger partial charge in [-0.3, -0.25) is 0 Å². The van der Waals surface area contributed by atoms with Crippen LogP contribution in [0, 0.1) is 0 Å². The van der Waals surface area contributed by atoms with Crippen LogP contribution in [-0.2, 0) is 25.9 Å². The van der Waals surface area contributed by atoms with Gasteiger partial charge in [0.25, 0.3) is 0 Å². The zero-order valence-electron chi connectivity index (χ0n) is 13.5. The maximum absolute atomic E-state index is 9.35. The average molecular weight is 512 g/mol. The van der Waals surface area contributed by atoms with Crippen molar-refractivity contribution in [2.75, 3.05) is 0 Å². The van der Waals surface area contributed by atoms with E-state index < -0.39 is 5.97 Å². The van der Waals surface area contributed by atoms with Crippen molar-refractivity contribution in [2.24, 2.45) is 22.9 Å². The quantitative estimate of drug-likeness (QED) is 0.222. The van der Waals surface area contributed by atoms with E-state index in [2.05, 4.69) is 0 Å². The zero-order chi connectivity index (χ0) is 17.0. The Balaban J connectivity index is 0. The van der Waals surface area contributed by atoms with Gasteiger partial charge in [0.1, 0.15) is 0 Å². The summed E-state index contributed by atoms with van der Waals surface area (Å²) in [7, 11) is 0. The minimum atomic E-state index is -1.14. The van der Waals surface area contributed by atoms with Gasteiger partial charge in [0, 0.05) is 24.2 Å². The molecule has 7 nitrogen and oxygen atoms in total. The molecule has 10 N–H and O–H groups in total. The van der Waals surface area contributed by atoms with Gasteiger partial charge in [-0.2, -0.15) is 0 Å². The number of nitrogens with two attached hydrogens (primary N) is 4. The van der Waals surface area contributed by atoms with Crippen LogP contribution in [0.1, 0.15) is 51.4 Å². The first-order valence-electron chi connectivity index (χ1n) is 7.94. The summed E-state index contributed by atoms with van der Waals surface area (Å²) in [6, 6.07) is 1.12. The molecule has 4 atom stereocenters. The van der Waals surface area contributed by atoms with E-state index in [0.29, 0.717) is 12.3 Å². The van der Waals surface area contributed by atoms with E-state index in [0.717, 1.165) is 25.7 Å². The first-order chi connectivity index (χ1) is 10.4. The number of hydrogen-bond acceptors (Lipinski definition) is 6. The topological polar surface area (TPSA) is 162 Å². The number of hydrogen-bond donors (Lipinski definition) is 6. The Bertz CT molecular complexity index is 292. The van der Waals surface area contributed by atoms with Crippen molar-refractivity contribution in [3.63, 3.8) is 0 Å². The summed E-state index contributed by atoms with van der Waals surface area (Å²) < 4.78 is 0. The predicted octanol–water partition coefficient (Wildman–Crippen LogP) is 0.570. The summed E-state index contributed by atoms with van der Waals surface area (Å²) in [5.74, 6) is -1.14. The summed E-state index contributed by atoms with van der Waals surface area (Å²) in [5.41, 5.74) is 22.6. The third kappa shape index (κ3) is 13.7. The minimum absolute atomic E-state index is 0. The van der Waals surface area contributed by atoms with E-state index in [1.165, 1.54) is 25.7 Å². The summed E-state index contributed by atoms with van der Waals surface area (Å²) in [5, 5.41) is 15.3. The van der Waals surface area contributed by atoms with E-state index in [1.807, 2.05) is 0 Å². The van der Waals surface area contributed by atoms with Gasteiger partial charge in [0.15, 0.2) is 0 Å². The van der Waals surface area contributed by atoms with Gasteiger partial charge in [-0.25, -0.2) is 4.79 Å². The molecule has 0 radical (unpaired) electrons. The molecule has 8 heteroatoms. The molecule has 136 valence electrons. The van der Waals surface area contributed by atoms with Crippen LogP contribution in [0.3, 0.4) is 0 Å². The normalized spacial score (nSPS) is 30.1. The Labute approximate surface area is 153 Å². The van der Waals surface area contributed by atoms with Gasteiger partial charge < -0.3 is 33.1 Å². The Morgan fingerprint density at radius 3 is 1.13 bits per heavy atom. The van der Waals surface area contributed by atoms with Gasteiger partial charge in [-0.1, -0.05) is 25.7 Å². The van der Waals surface area contributed by atoms with Crippen molar-refractivity contribution in [3.05, 3.63) is 12.3 Å². The zero-order valence-corrected chi connectivity index (χ0v) is 15.8. The van der Waals surface area contributed by atoms with E-state index in [1.54, 1.807) is 0 Å². The van der Waals surface area contributed by atoms with Gasteiger partial charge in [0.2, 0.25) is 0 Å². The summed E-state index contributed by atoms with van der Waals surface area (Å²) in [6.07, 6.45) is 10.7. The van der Waals surface area contributed by atoms with Crippen LogP contribution in [0.15, 0.2) is 12.3 Å². The number of carboxylic acid groups (broad SMARTS) is 1. The van der Waals surface area contributed by atoms with Crippen molar-refractivity contribution >= 4 is 5.97 Å². The van der Waals surface area contributed by atoms with Crippen LogP contribution >= 0.6 is 0 Å². The molecule has 2 saturated carbocycles. The van der Waals surface area contributed by atoms with Crippen LogP contribution < -0.4 is 22.9 Å². The molecule has 0 spiro atoms. The number of carbonyl (C=O) groups is 1. The van der Waals surface area contributed by atoms with Crippen molar-refractivity contribution < 1.29 is 36.1 Å². The molecule has 0 aliphatic heterocycles. The number of carboxylic acids is 1. The van der Waals surface area contributed by atoms with E-state index in [-0.39, 0.29) is 45.2 Å². The second-order valence-corrected chi connectivity index (χ2v) is 5.88. The Kier molecular flexibility index (Phi) is 16.3. The molecule has 0 amide bonds. The second-order valence-electron chi connectivity index (χ2n) is 5.88. The monoisotopic (exact) mass is 511 g/mol. The third-order valence-electron chi connectivity index (χ3n) is 3.97. The molecule has 0 aromatic rings. The van der Waals surface area contributed by atoms with Crippen LogP contribution in [0.5, 0.6) is 0 Å². The molecule has 0 aromatic heterocycles. The van der Waals surface area contributed by atoms with E-state index in [4.69, 9.17) is 33.1 Å². The molecular formula is C15H32N4O3Pt+4. The molecule has 0 aromatic carbocycles. The van der Waals surface area contributed by atoms with Gasteiger partial charge >= 0.3 is 27.0 Å². The minimum Gasteiger partial charge on any atom is -0.515 e. The smallest absolute Gasteiger partial charge is 0.515 e. The van der Waals surface area contributed by atoms with Crippen molar-refractivity contribution in [3.8, 4) is 0 Å². The van der Waals surface area contributed by atoms with Crippen LogP contribution in [0.2, 0.25) is 0 Å². The van der Waals surface area contributed by atoms with Crippen molar-refractivity contribution in [1.82, 2.24) is 0 Å². The van der Waals surface area contributed by atoms with Gasteiger partial charge in [-0.15, -0.1) is 0 Å². The first-order valence-corrected chi connectivity index (χ1v) is 7.94. The standard InChI is InChI=1S/2C6H14N2.C3H4O3.Pt/c2*7-5-3-1-2-4-6(5)8;4-2-1-3(5)6;/h2*5-6H,1-4,7-8H2;1-2,4H,(H,5,6);/q;;;+4/b;;2-1-;. The molecule has 2 rings (SSSR count). The fourth-order valence-electron chi connectivity index (χ4n) is 2.44. The Morgan fingerprint density at radius 1 is 0.783 bits per heavy atom. The Hall–Kier alpha value is -0.462. The fourth-order valence-corrected chi connectivity index (χ4v) is 2.44. The van der Waals surface area contributed by atoms with E-state index in [9.17, 15) is 4.79 Å². The van der Waals surface area contributed by atoms with Crippen molar-refractivity contribution in [1.29, 1.82) is 0 Å². The number of aliphatic carboxylic acids is 1. The van der Waals surface area contributed by atoms with Crippen LogP contribution in [-0.4, -0.2) is 40.3 Å². The molecular weight excluding hydrogens is 479 g/mol. The Morgan fingerprint density at radius 2 is 1.04 bits per heavy atom. The number of aliphatic hydroxyl groups excluding tert-OH is 1. The van der Waals surface area contributed by atoms with Gasteiger partial charge in [0.05, 0.1) is 12.3 Å². The molecule has 2 fully saturated rings. The fraction of sp³-hybridized carbons (Fsp3) is 0.800. The first kappa shape index (κ1) is 24.8. The summed E-state index contributed by atoms with van der Waals surface area (Å²) in [4.78, 5) is 9.35. The second kappa shape index (κ2) is 15.1. The number of rotatable bonds is 1. The molecule has 4 unspecified atom stereocenters. The maximum atomic E-state index is 9.35. The summed E-state index contributed by atoms with van der Waals surface area (Å²) in [6.45, 7) is 0. The molecule has 2 aliphatic rings. The SMILES string of the molecule is NC1CCCCC1N.NC1CCCCC1N.O=C(O)/C=C\O.[Pt+4]. The number of aliphatic hydroxyl groups is 1. The van der Waals surface area contributed by atoms with Crippen molar-refractivity contribution in [2.45, 2.75) is 75.5 Å². The predicted molar refractivity (Wildman–Crippen MR) is 88.2 cm³/mol. The van der Waals surface area contributed by atoms with Crippen LogP contribution in [0.4, 0.5) is 0 Å². The molecule has 0 heterocycles. The van der Waals surface area contributed by atoms with E-state index >= 15 is 0 Å². The molecule has 23 heavy (non-hydrogen) atoms. The van der Waals surface area contributed by atoms with Crippen LogP contribution in [0.25, 0.3) is 0 Å². The maximum Gasteiger partial charge on any atom is 4.00 e. The third-order valence-corrected chi connectivity index (χ3v) is 3.97.